The number of carbonyl (C=O) groups excluding carboxylic acids is 1. The summed E-state index contributed by atoms with van der Waals surface area (Å²) in [5, 5.41) is 11.5. The first-order valence-corrected chi connectivity index (χ1v) is 16.0. The van der Waals surface area contributed by atoms with Crippen LogP contribution in [0.25, 0.3) is 0 Å². The van der Waals surface area contributed by atoms with E-state index < -0.39 is 30.7 Å². The zero-order chi connectivity index (χ0) is 33.0. The molecular weight excluding hydrogens is 608 g/mol. The van der Waals surface area contributed by atoms with Gasteiger partial charge in [-0.15, -0.1) is 5.10 Å². The van der Waals surface area contributed by atoms with E-state index in [1.165, 1.54) is 0 Å². The minimum atomic E-state index is -0.746. The second-order valence-corrected chi connectivity index (χ2v) is 11.5. The number of amides is 1. The summed E-state index contributed by atoms with van der Waals surface area (Å²) in [6, 6.07) is 39.0. The molecule has 248 valence electrons. The zero-order valence-corrected chi connectivity index (χ0v) is 26.8. The van der Waals surface area contributed by atoms with Crippen molar-refractivity contribution in [1.82, 2.24) is 20.3 Å². The Balaban J connectivity index is 1.23. The van der Waals surface area contributed by atoms with E-state index in [0.29, 0.717) is 37.6 Å². The minimum Gasteiger partial charge on any atom is -0.368 e. The summed E-state index contributed by atoms with van der Waals surface area (Å²) in [5.74, 6) is -0.182. The summed E-state index contributed by atoms with van der Waals surface area (Å²) < 4.78 is 34.0. The molecule has 4 aromatic carbocycles. The van der Waals surface area contributed by atoms with Crippen LogP contribution in [0.4, 0.5) is 0 Å². The summed E-state index contributed by atoms with van der Waals surface area (Å²) in [7, 11) is 1.60. The van der Waals surface area contributed by atoms with Crippen molar-refractivity contribution in [2.75, 3.05) is 7.11 Å². The predicted octanol–water partition coefficient (Wildman–Crippen LogP) is 5.34. The van der Waals surface area contributed by atoms with Gasteiger partial charge >= 0.3 is 0 Å². The van der Waals surface area contributed by atoms with Gasteiger partial charge in [0.1, 0.15) is 30.1 Å². The molecule has 5 aromatic rings. The van der Waals surface area contributed by atoms with Gasteiger partial charge in [-0.25, -0.2) is 4.68 Å². The van der Waals surface area contributed by atoms with Crippen LogP contribution >= 0.6 is 0 Å². The van der Waals surface area contributed by atoms with Crippen LogP contribution in [0.5, 0.6) is 0 Å². The quantitative estimate of drug-likeness (QED) is 0.162. The summed E-state index contributed by atoms with van der Waals surface area (Å²) in [6.07, 6.45) is -1.21. The average molecular weight is 649 g/mol. The molecule has 0 saturated carbocycles. The summed E-state index contributed by atoms with van der Waals surface area (Å²) in [4.78, 5) is 12.6. The molecule has 1 fully saturated rings. The Morgan fingerprint density at radius 1 is 0.708 bits per heavy atom. The topological polar surface area (TPSA) is 106 Å². The first kappa shape index (κ1) is 33.2. The van der Waals surface area contributed by atoms with Crippen molar-refractivity contribution in [1.29, 1.82) is 0 Å². The third kappa shape index (κ3) is 9.00. The Hall–Kier alpha value is -4.71. The van der Waals surface area contributed by atoms with E-state index in [9.17, 15) is 4.79 Å². The van der Waals surface area contributed by atoms with E-state index in [4.69, 9.17) is 23.7 Å². The first-order valence-electron chi connectivity index (χ1n) is 16.0. The monoisotopic (exact) mass is 648 g/mol. The first-order chi connectivity index (χ1) is 23.7. The molecule has 10 heteroatoms. The molecular formula is C38H40N4O6. The normalized spacial score (nSPS) is 20.7. The van der Waals surface area contributed by atoms with Crippen LogP contribution in [0.1, 0.15) is 32.7 Å². The van der Waals surface area contributed by atoms with Gasteiger partial charge in [0.2, 0.25) is 0 Å². The highest BCUT2D eigenvalue weighted by Gasteiger charge is 2.49. The summed E-state index contributed by atoms with van der Waals surface area (Å²) in [5.41, 5.74) is 4.26. The molecule has 1 N–H and O–H groups in total. The van der Waals surface area contributed by atoms with Crippen molar-refractivity contribution in [2.24, 2.45) is 0 Å². The lowest BCUT2D eigenvalue weighted by Gasteiger charge is -2.45. The molecule has 1 amide bonds. The van der Waals surface area contributed by atoms with Gasteiger partial charge < -0.3 is 29.0 Å². The van der Waals surface area contributed by atoms with E-state index in [-0.39, 0.29) is 12.5 Å². The number of carbonyl (C=O) groups is 1. The Kier molecular flexibility index (Phi) is 11.7. The third-order valence-electron chi connectivity index (χ3n) is 8.10. The van der Waals surface area contributed by atoms with Gasteiger partial charge in [0.05, 0.1) is 39.1 Å². The number of aromatic nitrogens is 3. The number of hydrogen-bond donors (Lipinski definition) is 1. The maximum Gasteiger partial charge on any atom is 0.251 e. The molecule has 2 heterocycles. The fourth-order valence-corrected chi connectivity index (χ4v) is 5.64. The fourth-order valence-electron chi connectivity index (χ4n) is 5.64. The van der Waals surface area contributed by atoms with Crippen molar-refractivity contribution in [3.8, 4) is 0 Å². The van der Waals surface area contributed by atoms with Gasteiger partial charge in [0.25, 0.3) is 5.91 Å². The minimum absolute atomic E-state index is 0.182. The molecule has 10 nitrogen and oxygen atoms in total. The summed E-state index contributed by atoms with van der Waals surface area (Å²) in [6.45, 7) is 1.56. The highest BCUT2D eigenvalue weighted by atomic mass is 16.7. The van der Waals surface area contributed by atoms with Crippen LogP contribution in [-0.4, -0.2) is 58.7 Å². The molecule has 1 saturated heterocycles. The van der Waals surface area contributed by atoms with Crippen molar-refractivity contribution in [3.63, 3.8) is 0 Å². The van der Waals surface area contributed by atoms with Gasteiger partial charge in [-0.2, -0.15) is 0 Å². The lowest BCUT2D eigenvalue weighted by molar-refractivity contribution is -0.319. The molecule has 1 aromatic heterocycles. The fraction of sp³-hybridized carbons (Fsp3) is 0.289. The maximum absolute atomic E-state index is 12.6. The Morgan fingerprint density at radius 2 is 1.21 bits per heavy atom. The van der Waals surface area contributed by atoms with Crippen LogP contribution in [0.15, 0.2) is 128 Å². The number of nitrogens with one attached hydrogen (secondary N) is 1. The largest absolute Gasteiger partial charge is 0.368 e. The number of rotatable bonds is 15. The highest BCUT2D eigenvalue weighted by Crippen LogP contribution is 2.31. The van der Waals surface area contributed by atoms with Gasteiger partial charge in [0, 0.05) is 12.7 Å². The maximum atomic E-state index is 12.6. The smallest absolute Gasteiger partial charge is 0.251 e. The molecule has 48 heavy (non-hydrogen) atoms. The lowest BCUT2D eigenvalue weighted by atomic mass is 9.97. The van der Waals surface area contributed by atoms with Crippen LogP contribution in [0, 0.1) is 0 Å². The molecule has 6 rings (SSSR count). The van der Waals surface area contributed by atoms with Crippen LogP contribution < -0.4 is 5.32 Å². The van der Waals surface area contributed by atoms with E-state index in [1.807, 2.05) is 109 Å². The summed E-state index contributed by atoms with van der Waals surface area (Å²) >= 11 is 0. The number of benzene rings is 4. The standard InChI is InChI=1S/C38H40N4O6/c1-44-38-36(47-27-30-18-10-4-11-19-30)35(46-26-29-16-8-3-9-17-29)34(45-25-28-14-6-2-7-15-28)33(48-38)24-42-23-32(40-41-42)22-39-37(43)31-20-12-5-13-21-31/h2-21,23,33-36,38H,22,24-27H2,1H3,(H,39,43)/t33-,34-,35+,36-,38+/m1/s1. The number of ether oxygens (including phenoxy) is 5. The van der Waals surface area contributed by atoms with Crippen LogP contribution in [-0.2, 0) is 56.6 Å². The van der Waals surface area contributed by atoms with Gasteiger partial charge in [-0.05, 0) is 28.8 Å². The zero-order valence-electron chi connectivity index (χ0n) is 26.8. The van der Waals surface area contributed by atoms with Crippen LogP contribution in [0.2, 0.25) is 0 Å². The second kappa shape index (κ2) is 16.9. The highest BCUT2D eigenvalue weighted by molar-refractivity contribution is 5.94. The number of nitrogens with zero attached hydrogens (tertiary/aromatic N) is 3. The predicted molar refractivity (Wildman–Crippen MR) is 178 cm³/mol. The molecule has 0 radical (unpaired) electrons. The van der Waals surface area contributed by atoms with E-state index in [0.717, 1.165) is 16.7 Å². The Morgan fingerprint density at radius 3 is 1.75 bits per heavy atom. The SMILES string of the molecule is CO[C@H]1O[C@H](Cn2cc(CNC(=O)c3ccccc3)nn2)[C@@H](OCc2ccccc2)[C@H](OCc2ccccc2)[C@H]1OCc1ccccc1. The van der Waals surface area contributed by atoms with E-state index >= 15 is 0 Å². The van der Waals surface area contributed by atoms with Crippen LogP contribution in [0.3, 0.4) is 0 Å². The van der Waals surface area contributed by atoms with Crippen molar-refractivity contribution in [2.45, 2.75) is 63.6 Å². The van der Waals surface area contributed by atoms with E-state index in [2.05, 4.69) is 15.6 Å². The van der Waals surface area contributed by atoms with E-state index in [1.54, 1.807) is 30.1 Å². The van der Waals surface area contributed by atoms with Crippen molar-refractivity contribution >= 4 is 5.91 Å². The number of hydrogen-bond acceptors (Lipinski definition) is 8. The molecule has 5 atom stereocenters. The molecule has 1 aliphatic heterocycles. The third-order valence-corrected chi connectivity index (χ3v) is 8.10. The molecule has 0 unspecified atom stereocenters. The molecule has 0 aliphatic carbocycles. The number of methoxy groups -OCH3 is 1. The van der Waals surface area contributed by atoms with Gasteiger partial charge in [-0.1, -0.05) is 114 Å². The Bertz CT molecular complexity index is 1670. The molecule has 1 aliphatic rings. The van der Waals surface area contributed by atoms with Gasteiger partial charge in [-0.3, -0.25) is 4.79 Å². The molecule has 0 bridgehead atoms. The lowest BCUT2D eigenvalue weighted by Crippen LogP contribution is -2.61. The molecule has 0 spiro atoms. The second-order valence-electron chi connectivity index (χ2n) is 11.5. The van der Waals surface area contributed by atoms with Gasteiger partial charge in [0.15, 0.2) is 6.29 Å². The van der Waals surface area contributed by atoms with Crippen molar-refractivity contribution < 1.29 is 28.5 Å². The Labute approximate surface area is 280 Å². The van der Waals surface area contributed by atoms with Crippen molar-refractivity contribution in [3.05, 3.63) is 155 Å². The average Bonchev–Trinajstić information content (AvgIpc) is 3.60.